The topological polar surface area (TPSA) is 32.3 Å². The molecular weight excluding hydrogens is 302 g/mol. The predicted octanol–water partition coefficient (Wildman–Crippen LogP) is 3.26. The molecule has 0 atom stereocenters. The molecule has 3 nitrogen and oxygen atoms in total. The smallest absolute Gasteiger partial charge is 0.234 e. The molecule has 110 valence electrons. The number of carbonyl (C=O) groups excluding carboxylic acids is 1. The van der Waals surface area contributed by atoms with E-state index in [-0.39, 0.29) is 11.4 Å². The van der Waals surface area contributed by atoms with Crippen LogP contribution in [0.5, 0.6) is 0 Å². The summed E-state index contributed by atoms with van der Waals surface area (Å²) in [5.41, 5.74) is -0.163. The minimum atomic E-state index is -0.670. The minimum absolute atomic E-state index is 0.0608. The van der Waals surface area contributed by atoms with Gasteiger partial charge in [0.15, 0.2) is 0 Å². The number of carbonyl (C=O) groups is 1. The zero-order chi connectivity index (χ0) is 15.1. The molecule has 0 unspecified atom stereocenters. The average molecular weight is 318 g/mol. The van der Waals surface area contributed by atoms with Crippen molar-refractivity contribution in [2.45, 2.75) is 13.8 Å². The summed E-state index contributed by atoms with van der Waals surface area (Å²) >= 11 is 6.38. The first-order chi connectivity index (χ1) is 9.47. The lowest BCUT2D eigenvalue weighted by molar-refractivity contribution is -0.113. The molecular formula is C13H16F2N2OS2. The van der Waals surface area contributed by atoms with Crippen LogP contribution in [0, 0.1) is 11.6 Å². The van der Waals surface area contributed by atoms with E-state index in [0.717, 1.165) is 31.3 Å². The van der Waals surface area contributed by atoms with Crippen molar-refractivity contribution in [1.29, 1.82) is 0 Å². The van der Waals surface area contributed by atoms with Gasteiger partial charge >= 0.3 is 0 Å². The van der Waals surface area contributed by atoms with Crippen LogP contribution < -0.4 is 5.32 Å². The van der Waals surface area contributed by atoms with E-state index in [1.54, 1.807) is 0 Å². The highest BCUT2D eigenvalue weighted by Gasteiger charge is 2.11. The molecule has 0 aliphatic rings. The molecule has 1 rings (SSSR count). The number of thioether (sulfide) groups is 1. The molecule has 0 aliphatic carbocycles. The largest absolute Gasteiger partial charge is 0.358 e. The summed E-state index contributed by atoms with van der Waals surface area (Å²) in [5.74, 6) is -1.64. The molecule has 7 heteroatoms. The summed E-state index contributed by atoms with van der Waals surface area (Å²) in [6, 6.07) is 2.91. The SMILES string of the molecule is CCN(CC)C(=S)SCC(=O)Nc1cc(F)ccc1F. The van der Waals surface area contributed by atoms with Gasteiger partial charge in [-0.25, -0.2) is 8.78 Å². The molecule has 0 saturated heterocycles. The molecule has 0 aliphatic heterocycles. The Balaban J connectivity index is 2.52. The van der Waals surface area contributed by atoms with Crippen molar-refractivity contribution in [2.75, 3.05) is 24.2 Å². The Hall–Kier alpha value is -1.21. The highest BCUT2D eigenvalue weighted by Crippen LogP contribution is 2.16. The van der Waals surface area contributed by atoms with Crippen molar-refractivity contribution in [3.63, 3.8) is 0 Å². The normalized spacial score (nSPS) is 10.2. The molecule has 1 amide bonds. The Morgan fingerprint density at radius 1 is 1.35 bits per heavy atom. The lowest BCUT2D eigenvalue weighted by Gasteiger charge is -2.20. The fourth-order valence-electron chi connectivity index (χ4n) is 1.48. The highest BCUT2D eigenvalue weighted by atomic mass is 32.2. The minimum Gasteiger partial charge on any atom is -0.358 e. The molecule has 0 radical (unpaired) electrons. The number of nitrogens with one attached hydrogen (secondary N) is 1. The first kappa shape index (κ1) is 16.8. The van der Waals surface area contributed by atoms with Gasteiger partial charge in [0.05, 0.1) is 11.4 Å². The fourth-order valence-corrected chi connectivity index (χ4v) is 2.68. The first-order valence-corrected chi connectivity index (χ1v) is 7.53. The molecule has 1 N–H and O–H groups in total. The first-order valence-electron chi connectivity index (χ1n) is 6.14. The monoisotopic (exact) mass is 318 g/mol. The lowest BCUT2D eigenvalue weighted by atomic mass is 10.3. The maximum absolute atomic E-state index is 13.3. The van der Waals surface area contributed by atoms with Gasteiger partial charge < -0.3 is 10.2 Å². The van der Waals surface area contributed by atoms with E-state index in [9.17, 15) is 13.6 Å². The van der Waals surface area contributed by atoms with Gasteiger partial charge in [-0.05, 0) is 26.0 Å². The Morgan fingerprint density at radius 3 is 2.60 bits per heavy atom. The number of amides is 1. The molecule has 0 heterocycles. The maximum Gasteiger partial charge on any atom is 0.234 e. The fraction of sp³-hybridized carbons (Fsp3) is 0.385. The molecule has 1 aromatic carbocycles. The number of hydrogen-bond donors (Lipinski definition) is 1. The second kappa shape index (κ2) is 8.16. The second-order valence-corrected chi connectivity index (χ2v) is 5.51. The van der Waals surface area contributed by atoms with Gasteiger partial charge in [0, 0.05) is 19.2 Å². The van der Waals surface area contributed by atoms with Crippen LogP contribution in [-0.2, 0) is 4.79 Å². The van der Waals surface area contributed by atoms with Gasteiger partial charge in [-0.1, -0.05) is 24.0 Å². The van der Waals surface area contributed by atoms with Crippen molar-refractivity contribution < 1.29 is 13.6 Å². The number of nitrogens with zero attached hydrogens (tertiary/aromatic N) is 1. The number of halogens is 2. The number of anilines is 1. The predicted molar refractivity (Wildman–Crippen MR) is 83.0 cm³/mol. The van der Waals surface area contributed by atoms with Gasteiger partial charge in [-0.3, -0.25) is 4.79 Å². The Labute approximate surface area is 126 Å². The van der Waals surface area contributed by atoms with Gasteiger partial charge in [-0.15, -0.1) is 0 Å². The number of rotatable bonds is 5. The van der Waals surface area contributed by atoms with Crippen molar-refractivity contribution in [3.8, 4) is 0 Å². The molecule has 0 spiro atoms. The zero-order valence-electron chi connectivity index (χ0n) is 11.3. The summed E-state index contributed by atoms with van der Waals surface area (Å²) < 4.78 is 26.9. The van der Waals surface area contributed by atoms with E-state index in [0.29, 0.717) is 4.32 Å². The summed E-state index contributed by atoms with van der Waals surface area (Å²) in [4.78, 5) is 13.6. The summed E-state index contributed by atoms with van der Waals surface area (Å²) in [5, 5.41) is 2.33. The van der Waals surface area contributed by atoms with Gasteiger partial charge in [0.2, 0.25) is 5.91 Å². The molecule has 0 aromatic heterocycles. The summed E-state index contributed by atoms with van der Waals surface area (Å²) in [7, 11) is 0. The van der Waals surface area contributed by atoms with Crippen molar-refractivity contribution in [2.24, 2.45) is 0 Å². The van der Waals surface area contributed by atoms with Gasteiger partial charge in [0.25, 0.3) is 0 Å². The van der Waals surface area contributed by atoms with Crippen molar-refractivity contribution in [1.82, 2.24) is 4.90 Å². The highest BCUT2D eigenvalue weighted by molar-refractivity contribution is 8.23. The van der Waals surface area contributed by atoms with Crippen LogP contribution >= 0.6 is 24.0 Å². The average Bonchev–Trinajstić information content (AvgIpc) is 2.42. The molecule has 20 heavy (non-hydrogen) atoms. The Morgan fingerprint density at radius 2 is 2.00 bits per heavy atom. The third-order valence-corrected chi connectivity index (χ3v) is 4.07. The third-order valence-electron chi connectivity index (χ3n) is 2.55. The van der Waals surface area contributed by atoms with Gasteiger partial charge in [0.1, 0.15) is 16.0 Å². The standard InChI is InChI=1S/C13H16F2N2OS2/c1-3-17(4-2)13(19)20-8-12(18)16-11-7-9(14)5-6-10(11)15/h5-7H,3-4,8H2,1-2H3,(H,16,18). The molecule has 0 saturated carbocycles. The van der Waals surface area contributed by atoms with Crippen LogP contribution in [0.4, 0.5) is 14.5 Å². The van der Waals surface area contributed by atoms with E-state index < -0.39 is 17.5 Å². The summed E-state index contributed by atoms with van der Waals surface area (Å²) in [6.07, 6.45) is 0. The summed E-state index contributed by atoms with van der Waals surface area (Å²) in [6.45, 7) is 5.47. The number of thiocarbonyl (C=S) groups is 1. The number of benzene rings is 1. The van der Waals surface area contributed by atoms with E-state index in [4.69, 9.17) is 12.2 Å². The van der Waals surface area contributed by atoms with Crippen LogP contribution in [0.2, 0.25) is 0 Å². The molecule has 1 aromatic rings. The molecule has 0 bridgehead atoms. The maximum atomic E-state index is 13.3. The van der Waals surface area contributed by atoms with Crippen LogP contribution in [0.25, 0.3) is 0 Å². The van der Waals surface area contributed by atoms with Crippen molar-refractivity contribution >= 4 is 39.9 Å². The van der Waals surface area contributed by atoms with E-state index in [1.807, 2.05) is 18.7 Å². The number of hydrogen-bond acceptors (Lipinski definition) is 3. The molecule has 0 fully saturated rings. The third kappa shape index (κ3) is 5.05. The Bertz CT molecular complexity index is 493. The van der Waals surface area contributed by atoms with E-state index in [1.165, 1.54) is 11.8 Å². The van der Waals surface area contributed by atoms with Crippen LogP contribution in [-0.4, -0.2) is 34.0 Å². The van der Waals surface area contributed by atoms with Crippen molar-refractivity contribution in [3.05, 3.63) is 29.8 Å². The van der Waals surface area contributed by atoms with Gasteiger partial charge in [-0.2, -0.15) is 0 Å². The van der Waals surface area contributed by atoms with E-state index >= 15 is 0 Å². The second-order valence-electron chi connectivity index (χ2n) is 3.90. The van der Waals surface area contributed by atoms with Crippen LogP contribution in [0.15, 0.2) is 18.2 Å². The zero-order valence-corrected chi connectivity index (χ0v) is 12.9. The quantitative estimate of drug-likeness (QED) is 0.845. The van der Waals surface area contributed by atoms with Crippen LogP contribution in [0.1, 0.15) is 13.8 Å². The van der Waals surface area contributed by atoms with Crippen LogP contribution in [0.3, 0.4) is 0 Å². The lowest BCUT2D eigenvalue weighted by Crippen LogP contribution is -2.28. The van der Waals surface area contributed by atoms with E-state index in [2.05, 4.69) is 5.32 Å². The Kier molecular flexibility index (Phi) is 6.87.